The van der Waals surface area contributed by atoms with Crippen LogP contribution in [0, 0.1) is 22.8 Å². The van der Waals surface area contributed by atoms with E-state index in [1.54, 1.807) is 23.1 Å². The second kappa shape index (κ2) is 7.16. The number of ether oxygens (including phenoxy) is 1. The van der Waals surface area contributed by atoms with Gasteiger partial charge in [-0.3, -0.25) is 4.79 Å². The van der Waals surface area contributed by atoms with Gasteiger partial charge in [-0.1, -0.05) is 0 Å². The lowest BCUT2D eigenvalue weighted by molar-refractivity contribution is 0.0904. The Morgan fingerprint density at radius 3 is 2.92 bits per heavy atom. The number of methoxy groups -OCH3 is 1. The molecule has 132 valence electrons. The normalized spacial score (nSPS) is 18.8. The van der Waals surface area contributed by atoms with Crippen molar-refractivity contribution < 1.29 is 13.9 Å². The number of hydrogen-bond donors (Lipinski definition) is 1. The van der Waals surface area contributed by atoms with Crippen LogP contribution in [0.3, 0.4) is 0 Å². The average molecular weight is 351 g/mol. The van der Waals surface area contributed by atoms with Crippen LogP contribution < -0.4 is 10.1 Å². The summed E-state index contributed by atoms with van der Waals surface area (Å²) in [5, 5.41) is 20.9. The summed E-state index contributed by atoms with van der Waals surface area (Å²) in [5.74, 6) is 0.333. The number of rotatable bonds is 4. The van der Waals surface area contributed by atoms with Crippen molar-refractivity contribution in [3.8, 4) is 29.3 Å². The third-order valence-corrected chi connectivity index (χ3v) is 4.33. The maximum atomic E-state index is 12.4. The highest BCUT2D eigenvalue weighted by molar-refractivity contribution is 5.90. The molecule has 0 radical (unpaired) electrons. The number of oxazole rings is 1. The molecule has 0 unspecified atom stereocenters. The fourth-order valence-corrected chi connectivity index (χ4v) is 3.00. The lowest BCUT2D eigenvalue weighted by Crippen LogP contribution is -2.36. The Morgan fingerprint density at radius 1 is 1.46 bits per heavy atom. The highest BCUT2D eigenvalue weighted by Crippen LogP contribution is 2.31. The van der Waals surface area contributed by atoms with Crippen molar-refractivity contribution in [2.45, 2.75) is 25.4 Å². The van der Waals surface area contributed by atoms with Gasteiger partial charge in [-0.15, -0.1) is 0 Å². The summed E-state index contributed by atoms with van der Waals surface area (Å²) in [6, 6.07) is 6.91. The van der Waals surface area contributed by atoms with Crippen molar-refractivity contribution in [3.05, 3.63) is 35.9 Å². The number of nitrogens with one attached hydrogen (secondary N) is 1. The summed E-state index contributed by atoms with van der Waals surface area (Å²) in [6.45, 7) is 2.40. The fraction of sp³-hybridized carbons (Fsp3) is 0.333. The molecule has 2 aromatic rings. The lowest BCUT2D eigenvalue weighted by Gasteiger charge is -2.11. The molecule has 2 atom stereocenters. The van der Waals surface area contributed by atoms with Crippen LogP contribution in [0.1, 0.15) is 29.6 Å². The molecule has 1 amide bonds. The third kappa shape index (κ3) is 3.31. The number of nitrogens with zero attached hydrogens (tertiary/aromatic N) is 4. The fourth-order valence-electron chi connectivity index (χ4n) is 3.00. The van der Waals surface area contributed by atoms with Crippen LogP contribution >= 0.6 is 0 Å². The summed E-state index contributed by atoms with van der Waals surface area (Å²) >= 11 is 0. The van der Waals surface area contributed by atoms with Gasteiger partial charge in [0.1, 0.15) is 5.75 Å². The molecule has 1 aromatic carbocycles. The van der Waals surface area contributed by atoms with E-state index in [0.29, 0.717) is 35.6 Å². The van der Waals surface area contributed by atoms with Crippen LogP contribution in [0.5, 0.6) is 5.75 Å². The second-order valence-corrected chi connectivity index (χ2v) is 6.06. The Balaban J connectivity index is 1.77. The maximum absolute atomic E-state index is 12.4. The van der Waals surface area contributed by atoms with Crippen molar-refractivity contribution in [2.24, 2.45) is 0 Å². The van der Waals surface area contributed by atoms with E-state index in [1.807, 2.05) is 6.92 Å². The predicted octanol–water partition coefficient (Wildman–Crippen LogP) is 1.90. The SMILES string of the molecule is COc1ccc(C#N)cc1-c1cnc(C(=O)N[C@@H]2C[C@@H](C)N(C#N)C2)o1. The van der Waals surface area contributed by atoms with E-state index in [-0.39, 0.29) is 18.0 Å². The standard InChI is InChI=1S/C18H17N5O3/c1-11-5-13(9-23(11)10-20)22-17(24)18-21-8-16(26-18)14-6-12(7-19)3-4-15(14)25-2/h3-4,6,8,11,13H,5,9H2,1-2H3,(H,22,24)/t11-,13-/m1/s1. The van der Waals surface area contributed by atoms with Gasteiger partial charge in [-0.2, -0.15) is 10.5 Å². The zero-order valence-corrected chi connectivity index (χ0v) is 14.4. The molecule has 1 aliphatic heterocycles. The van der Waals surface area contributed by atoms with E-state index in [9.17, 15) is 4.79 Å². The van der Waals surface area contributed by atoms with Crippen LogP contribution in [-0.4, -0.2) is 41.5 Å². The number of amides is 1. The molecule has 0 saturated carbocycles. The Kier molecular flexibility index (Phi) is 4.76. The van der Waals surface area contributed by atoms with Crippen LogP contribution in [0.25, 0.3) is 11.3 Å². The first-order valence-electron chi connectivity index (χ1n) is 8.07. The van der Waals surface area contributed by atoms with Crippen LogP contribution in [0.15, 0.2) is 28.8 Å². The number of carbonyl (C=O) groups is 1. The number of carbonyl (C=O) groups excluding carboxylic acids is 1. The van der Waals surface area contributed by atoms with Crippen molar-refractivity contribution in [1.29, 1.82) is 10.5 Å². The molecule has 1 aromatic heterocycles. The molecule has 0 aliphatic carbocycles. The molecule has 26 heavy (non-hydrogen) atoms. The minimum absolute atomic E-state index is 0.0764. The summed E-state index contributed by atoms with van der Waals surface area (Å²) in [5.41, 5.74) is 0.989. The van der Waals surface area contributed by atoms with E-state index in [2.05, 4.69) is 22.6 Å². The number of aromatic nitrogens is 1. The van der Waals surface area contributed by atoms with Gasteiger partial charge in [-0.05, 0) is 31.5 Å². The summed E-state index contributed by atoms with van der Waals surface area (Å²) in [4.78, 5) is 18.0. The molecule has 1 N–H and O–H groups in total. The highest BCUT2D eigenvalue weighted by Gasteiger charge is 2.30. The molecule has 3 rings (SSSR count). The van der Waals surface area contributed by atoms with E-state index in [0.717, 1.165) is 0 Å². The van der Waals surface area contributed by atoms with E-state index < -0.39 is 5.91 Å². The molecule has 8 nitrogen and oxygen atoms in total. The van der Waals surface area contributed by atoms with Gasteiger partial charge in [0.25, 0.3) is 5.89 Å². The lowest BCUT2D eigenvalue weighted by atomic mass is 10.1. The minimum atomic E-state index is -0.441. The van der Waals surface area contributed by atoms with Crippen LogP contribution in [-0.2, 0) is 0 Å². The van der Waals surface area contributed by atoms with E-state index in [1.165, 1.54) is 13.3 Å². The van der Waals surface area contributed by atoms with Crippen molar-refractivity contribution >= 4 is 5.91 Å². The topological polar surface area (TPSA) is 115 Å². The number of nitriles is 2. The smallest absolute Gasteiger partial charge is 0.307 e. The number of hydrogen-bond acceptors (Lipinski definition) is 7. The molecular formula is C18H17N5O3. The molecule has 1 saturated heterocycles. The molecule has 1 fully saturated rings. The zero-order valence-electron chi connectivity index (χ0n) is 14.4. The van der Waals surface area contributed by atoms with Gasteiger partial charge in [0, 0.05) is 18.6 Å². The van der Waals surface area contributed by atoms with Gasteiger partial charge < -0.3 is 19.4 Å². The highest BCUT2D eigenvalue weighted by atomic mass is 16.5. The van der Waals surface area contributed by atoms with Crippen LogP contribution in [0.2, 0.25) is 0 Å². The monoisotopic (exact) mass is 351 g/mol. The Bertz CT molecular complexity index is 908. The van der Waals surface area contributed by atoms with Gasteiger partial charge in [0.15, 0.2) is 12.0 Å². The van der Waals surface area contributed by atoms with E-state index in [4.69, 9.17) is 19.7 Å². The van der Waals surface area contributed by atoms with Crippen molar-refractivity contribution in [1.82, 2.24) is 15.2 Å². The Hall–Kier alpha value is -3.52. The largest absolute Gasteiger partial charge is 0.496 e. The second-order valence-electron chi connectivity index (χ2n) is 6.06. The zero-order chi connectivity index (χ0) is 18.7. The number of likely N-dealkylation sites (tertiary alicyclic amines) is 1. The third-order valence-electron chi connectivity index (χ3n) is 4.33. The first-order chi connectivity index (χ1) is 12.5. The maximum Gasteiger partial charge on any atom is 0.307 e. The summed E-state index contributed by atoms with van der Waals surface area (Å²) in [6.07, 6.45) is 4.22. The molecule has 1 aliphatic rings. The predicted molar refractivity (Wildman–Crippen MR) is 90.9 cm³/mol. The van der Waals surface area contributed by atoms with Gasteiger partial charge in [0.2, 0.25) is 0 Å². The average Bonchev–Trinajstić information content (AvgIpc) is 3.27. The number of benzene rings is 1. The molecule has 8 heteroatoms. The van der Waals surface area contributed by atoms with Crippen molar-refractivity contribution in [2.75, 3.05) is 13.7 Å². The molecule has 0 bridgehead atoms. The Labute approximate surface area is 150 Å². The first-order valence-corrected chi connectivity index (χ1v) is 8.07. The van der Waals surface area contributed by atoms with Crippen LogP contribution in [0.4, 0.5) is 0 Å². The van der Waals surface area contributed by atoms with E-state index >= 15 is 0 Å². The summed E-state index contributed by atoms with van der Waals surface area (Å²) < 4.78 is 10.9. The van der Waals surface area contributed by atoms with Crippen molar-refractivity contribution in [3.63, 3.8) is 0 Å². The molecule has 0 spiro atoms. The summed E-state index contributed by atoms with van der Waals surface area (Å²) in [7, 11) is 1.51. The quantitative estimate of drug-likeness (QED) is 0.836. The Morgan fingerprint density at radius 2 is 2.27 bits per heavy atom. The van der Waals surface area contributed by atoms with Gasteiger partial charge in [0.05, 0.1) is 30.5 Å². The van der Waals surface area contributed by atoms with Gasteiger partial charge >= 0.3 is 5.91 Å². The molecule has 2 heterocycles. The van der Waals surface area contributed by atoms with Gasteiger partial charge in [-0.25, -0.2) is 4.98 Å². The first kappa shape index (κ1) is 17.3. The molecular weight excluding hydrogens is 334 g/mol. The minimum Gasteiger partial charge on any atom is -0.496 e.